The average Bonchev–Trinajstić information content (AvgIpc) is 3.19. The molecule has 0 radical (unpaired) electrons. The van der Waals surface area contributed by atoms with E-state index in [2.05, 4.69) is 15.2 Å². The van der Waals surface area contributed by atoms with E-state index in [-0.39, 0.29) is 11.7 Å². The van der Waals surface area contributed by atoms with E-state index in [1.54, 1.807) is 31.9 Å². The van der Waals surface area contributed by atoms with Gasteiger partial charge in [0.25, 0.3) is 5.91 Å². The van der Waals surface area contributed by atoms with Gasteiger partial charge in [-0.25, -0.2) is 9.67 Å². The molecule has 0 unspecified atom stereocenters. The number of hydrogen-bond donors (Lipinski definition) is 0. The van der Waals surface area contributed by atoms with Gasteiger partial charge in [0, 0.05) is 38.6 Å². The lowest BCUT2D eigenvalue weighted by molar-refractivity contribution is -0.137. The minimum absolute atomic E-state index is 0.203. The molecule has 3 heterocycles. The zero-order chi connectivity index (χ0) is 19.8. The molecule has 1 amide bonds. The molecule has 0 N–H and O–H groups in total. The number of aryl methyl sites for hydroxylation is 1. The summed E-state index contributed by atoms with van der Waals surface area (Å²) in [5.41, 5.74) is 0.875. The first kappa shape index (κ1) is 18.6. The van der Waals surface area contributed by atoms with Crippen molar-refractivity contribution in [2.45, 2.75) is 19.6 Å². The summed E-state index contributed by atoms with van der Waals surface area (Å²) in [4.78, 5) is 18.0. The van der Waals surface area contributed by atoms with Gasteiger partial charge in [-0.05, 0) is 19.1 Å². The lowest BCUT2D eigenvalue weighted by atomic mass is 10.2. The highest BCUT2D eigenvalue weighted by Gasteiger charge is 2.31. The van der Waals surface area contributed by atoms with E-state index in [9.17, 15) is 18.0 Å². The van der Waals surface area contributed by atoms with E-state index in [4.69, 9.17) is 0 Å². The Balaban J connectivity index is 1.81. The van der Waals surface area contributed by atoms with E-state index in [1.807, 2.05) is 6.20 Å². The first-order valence-corrected chi connectivity index (χ1v) is 7.98. The van der Waals surface area contributed by atoms with Gasteiger partial charge in [-0.1, -0.05) is 0 Å². The van der Waals surface area contributed by atoms with Gasteiger partial charge < -0.3 is 4.90 Å². The van der Waals surface area contributed by atoms with Crippen LogP contribution in [0.5, 0.6) is 0 Å². The number of rotatable bonds is 4. The monoisotopic (exact) mass is 378 g/mol. The van der Waals surface area contributed by atoms with Crippen LogP contribution in [0.3, 0.4) is 0 Å². The van der Waals surface area contributed by atoms with E-state index in [0.29, 0.717) is 17.8 Å². The molecule has 0 saturated heterocycles. The van der Waals surface area contributed by atoms with Crippen LogP contribution in [0.2, 0.25) is 0 Å². The van der Waals surface area contributed by atoms with E-state index in [1.165, 1.54) is 21.8 Å². The van der Waals surface area contributed by atoms with E-state index < -0.39 is 11.7 Å². The largest absolute Gasteiger partial charge is 0.417 e. The third-order valence-corrected chi connectivity index (χ3v) is 4.06. The molecular weight excluding hydrogens is 361 g/mol. The summed E-state index contributed by atoms with van der Waals surface area (Å²) < 4.78 is 41.0. The van der Waals surface area contributed by atoms with Crippen LogP contribution in [-0.2, 0) is 19.8 Å². The minimum Gasteiger partial charge on any atom is -0.337 e. The van der Waals surface area contributed by atoms with Crippen LogP contribution >= 0.6 is 0 Å². The van der Waals surface area contributed by atoms with Crippen LogP contribution in [0.1, 0.15) is 27.2 Å². The molecule has 3 aromatic rings. The van der Waals surface area contributed by atoms with E-state index in [0.717, 1.165) is 17.8 Å². The lowest BCUT2D eigenvalue weighted by Gasteiger charge is -2.16. The predicted octanol–water partition coefficient (Wildman–Crippen LogP) is 2.60. The fraction of sp³-hybridized carbons (Fsp3) is 0.294. The van der Waals surface area contributed by atoms with Crippen LogP contribution in [0.15, 0.2) is 36.9 Å². The Morgan fingerprint density at radius 2 is 1.93 bits per heavy atom. The molecule has 7 nitrogen and oxygen atoms in total. The Bertz CT molecular complexity index is 958. The van der Waals surface area contributed by atoms with Crippen molar-refractivity contribution in [1.29, 1.82) is 0 Å². The Kier molecular flexibility index (Phi) is 4.73. The fourth-order valence-corrected chi connectivity index (χ4v) is 2.63. The van der Waals surface area contributed by atoms with Crippen molar-refractivity contribution >= 4 is 5.91 Å². The van der Waals surface area contributed by atoms with Crippen LogP contribution in [0.25, 0.3) is 5.82 Å². The number of amides is 1. The number of hydrogen-bond acceptors (Lipinski definition) is 4. The summed E-state index contributed by atoms with van der Waals surface area (Å²) in [6, 6.07) is 2.15. The standard InChI is InChI=1S/C17H17F3N6O/c1-11-14(16(27)24(2)9-12-6-22-25(3)10-12)8-23-26(11)15-5-4-13(7-21-15)17(18,19)20/h4-8,10H,9H2,1-3H3. The molecule has 3 aromatic heterocycles. The minimum atomic E-state index is -4.46. The lowest BCUT2D eigenvalue weighted by Crippen LogP contribution is -2.26. The average molecular weight is 378 g/mol. The second-order valence-corrected chi connectivity index (χ2v) is 6.14. The highest BCUT2D eigenvalue weighted by atomic mass is 19.4. The van der Waals surface area contributed by atoms with Gasteiger partial charge in [-0.15, -0.1) is 0 Å². The first-order chi connectivity index (χ1) is 12.7. The molecule has 0 aromatic carbocycles. The Hall–Kier alpha value is -3.17. The molecule has 0 spiro atoms. The van der Waals surface area contributed by atoms with Crippen LogP contribution in [-0.4, -0.2) is 42.4 Å². The van der Waals surface area contributed by atoms with Crippen molar-refractivity contribution in [1.82, 2.24) is 29.4 Å². The summed E-state index contributed by atoms with van der Waals surface area (Å²) in [6.45, 7) is 2.04. The van der Waals surface area contributed by atoms with Gasteiger partial charge in [0.1, 0.15) is 0 Å². The summed E-state index contributed by atoms with van der Waals surface area (Å²) in [5, 5.41) is 8.16. The summed E-state index contributed by atoms with van der Waals surface area (Å²) >= 11 is 0. The normalized spacial score (nSPS) is 11.6. The van der Waals surface area contributed by atoms with Gasteiger partial charge in [0.15, 0.2) is 5.82 Å². The summed E-state index contributed by atoms with van der Waals surface area (Å²) in [5.74, 6) is -0.0519. The van der Waals surface area contributed by atoms with Crippen molar-refractivity contribution in [3.05, 3.63) is 59.3 Å². The van der Waals surface area contributed by atoms with Crippen molar-refractivity contribution in [2.75, 3.05) is 7.05 Å². The number of alkyl halides is 3. The van der Waals surface area contributed by atoms with Crippen LogP contribution < -0.4 is 0 Å². The molecule has 0 aliphatic heterocycles. The van der Waals surface area contributed by atoms with E-state index >= 15 is 0 Å². The molecule has 27 heavy (non-hydrogen) atoms. The molecular formula is C17H17F3N6O. The van der Waals surface area contributed by atoms with Crippen molar-refractivity contribution < 1.29 is 18.0 Å². The summed E-state index contributed by atoms with van der Waals surface area (Å²) in [6.07, 6.45) is 1.16. The fourth-order valence-electron chi connectivity index (χ4n) is 2.63. The van der Waals surface area contributed by atoms with Gasteiger partial charge in [0.2, 0.25) is 0 Å². The number of nitrogens with zero attached hydrogens (tertiary/aromatic N) is 6. The van der Waals surface area contributed by atoms with Crippen molar-refractivity contribution in [3.8, 4) is 5.82 Å². The molecule has 10 heteroatoms. The van der Waals surface area contributed by atoms with Gasteiger partial charge >= 0.3 is 6.18 Å². The van der Waals surface area contributed by atoms with Crippen LogP contribution in [0.4, 0.5) is 13.2 Å². The third kappa shape index (κ3) is 3.83. The van der Waals surface area contributed by atoms with Crippen molar-refractivity contribution in [3.63, 3.8) is 0 Å². The molecule has 0 bridgehead atoms. The topological polar surface area (TPSA) is 68.8 Å². The quantitative estimate of drug-likeness (QED) is 0.700. The number of aromatic nitrogens is 5. The zero-order valence-electron chi connectivity index (χ0n) is 14.9. The Morgan fingerprint density at radius 3 is 2.48 bits per heavy atom. The predicted molar refractivity (Wildman–Crippen MR) is 90.1 cm³/mol. The second-order valence-electron chi connectivity index (χ2n) is 6.14. The van der Waals surface area contributed by atoms with Crippen molar-refractivity contribution in [2.24, 2.45) is 7.05 Å². The molecule has 0 atom stereocenters. The smallest absolute Gasteiger partial charge is 0.337 e. The zero-order valence-corrected chi connectivity index (χ0v) is 14.9. The van der Waals surface area contributed by atoms with Crippen LogP contribution in [0, 0.1) is 6.92 Å². The maximum Gasteiger partial charge on any atom is 0.417 e. The Labute approximate surface area is 153 Å². The Morgan fingerprint density at radius 1 is 1.19 bits per heavy atom. The molecule has 3 rings (SSSR count). The number of halogens is 3. The van der Waals surface area contributed by atoms with Gasteiger partial charge in [-0.3, -0.25) is 9.48 Å². The molecule has 0 aliphatic rings. The molecule has 0 saturated carbocycles. The third-order valence-electron chi connectivity index (χ3n) is 4.06. The van der Waals surface area contributed by atoms with Gasteiger partial charge in [0.05, 0.1) is 29.2 Å². The second kappa shape index (κ2) is 6.86. The first-order valence-electron chi connectivity index (χ1n) is 7.98. The molecule has 0 aliphatic carbocycles. The highest BCUT2D eigenvalue weighted by Crippen LogP contribution is 2.28. The molecule has 142 valence electrons. The highest BCUT2D eigenvalue weighted by molar-refractivity contribution is 5.95. The van der Waals surface area contributed by atoms with Gasteiger partial charge in [-0.2, -0.15) is 23.4 Å². The number of pyridine rings is 1. The number of carbonyl (C=O) groups is 1. The molecule has 0 fully saturated rings. The SMILES string of the molecule is Cc1c(C(=O)N(C)Cc2cnn(C)c2)cnn1-c1ccc(C(F)(F)F)cn1. The maximum absolute atomic E-state index is 12.7. The number of carbonyl (C=O) groups excluding carboxylic acids is 1. The maximum atomic E-state index is 12.7. The summed E-state index contributed by atoms with van der Waals surface area (Å²) in [7, 11) is 3.44.